The molecule has 7 heteroatoms. The van der Waals surface area contributed by atoms with Crippen molar-refractivity contribution in [1.29, 1.82) is 0 Å². The second kappa shape index (κ2) is 6.94. The van der Waals surface area contributed by atoms with Gasteiger partial charge in [-0.1, -0.05) is 17.7 Å². The fourth-order valence-electron chi connectivity index (χ4n) is 2.26. The molecule has 0 aliphatic rings. The maximum absolute atomic E-state index is 12.2. The smallest absolute Gasteiger partial charge is 0.240 e. The summed E-state index contributed by atoms with van der Waals surface area (Å²) in [4.78, 5) is 4.25. The molecule has 0 aliphatic heterocycles. The van der Waals surface area contributed by atoms with Crippen LogP contribution in [-0.2, 0) is 16.6 Å². The molecule has 3 rings (SSSR count). The summed E-state index contributed by atoms with van der Waals surface area (Å²) in [5.74, 6) is 0. The van der Waals surface area contributed by atoms with Gasteiger partial charge in [0.15, 0.2) is 0 Å². The van der Waals surface area contributed by atoms with E-state index in [0.717, 1.165) is 16.8 Å². The van der Waals surface area contributed by atoms with Gasteiger partial charge in [0.25, 0.3) is 0 Å². The van der Waals surface area contributed by atoms with E-state index in [2.05, 4.69) is 14.8 Å². The van der Waals surface area contributed by atoms with E-state index in [9.17, 15) is 8.42 Å². The van der Waals surface area contributed by atoms with Crippen LogP contribution in [0.3, 0.4) is 0 Å². The molecule has 0 saturated heterocycles. The highest BCUT2D eigenvalue weighted by Gasteiger charge is 2.12. The van der Waals surface area contributed by atoms with Crippen LogP contribution in [0.5, 0.6) is 0 Å². The number of nitrogens with one attached hydrogen (secondary N) is 1. The first kappa shape index (κ1) is 16.4. The van der Waals surface area contributed by atoms with Crippen LogP contribution >= 0.6 is 0 Å². The molecule has 0 radical (unpaired) electrons. The zero-order valence-corrected chi connectivity index (χ0v) is 14.1. The second-order valence-electron chi connectivity index (χ2n) is 5.41. The number of pyridine rings is 1. The first-order valence-electron chi connectivity index (χ1n) is 7.55. The number of benzene rings is 1. The first-order valence-corrected chi connectivity index (χ1v) is 9.03. The largest absolute Gasteiger partial charge is 0.271 e. The maximum Gasteiger partial charge on any atom is 0.240 e. The lowest BCUT2D eigenvalue weighted by Gasteiger charge is -2.07. The van der Waals surface area contributed by atoms with E-state index in [1.807, 2.05) is 31.3 Å². The lowest BCUT2D eigenvalue weighted by Crippen LogP contribution is -2.27. The van der Waals surface area contributed by atoms with E-state index in [4.69, 9.17) is 0 Å². The quantitative estimate of drug-likeness (QED) is 0.745. The fourth-order valence-corrected chi connectivity index (χ4v) is 3.28. The van der Waals surface area contributed by atoms with Crippen molar-refractivity contribution in [1.82, 2.24) is 19.5 Å². The summed E-state index contributed by atoms with van der Waals surface area (Å²) in [7, 11) is -3.49. The first-order chi connectivity index (χ1) is 11.5. The van der Waals surface area contributed by atoms with Crippen LogP contribution in [0.4, 0.5) is 0 Å². The average Bonchev–Trinajstić information content (AvgIpc) is 3.05. The van der Waals surface area contributed by atoms with Crippen LogP contribution < -0.4 is 4.72 Å². The van der Waals surface area contributed by atoms with Crippen LogP contribution in [0, 0.1) is 6.92 Å². The van der Waals surface area contributed by atoms with Crippen molar-refractivity contribution in [2.45, 2.75) is 18.4 Å². The number of hydrogen-bond acceptors (Lipinski definition) is 4. The van der Waals surface area contributed by atoms with Gasteiger partial charge in [-0.25, -0.2) is 13.1 Å². The second-order valence-corrected chi connectivity index (χ2v) is 7.18. The van der Waals surface area contributed by atoms with Gasteiger partial charge in [-0.15, -0.1) is 0 Å². The SMILES string of the molecule is Cc1ccc(S(=O)(=O)NCCn2ccc(-c3ccncc3)n2)cc1. The molecule has 0 aliphatic carbocycles. The Hall–Kier alpha value is -2.51. The van der Waals surface area contributed by atoms with E-state index in [1.165, 1.54) is 0 Å². The summed E-state index contributed by atoms with van der Waals surface area (Å²) in [6, 6.07) is 12.4. The Morgan fingerprint density at radius 1 is 1.04 bits per heavy atom. The van der Waals surface area contributed by atoms with E-state index in [1.54, 1.807) is 41.3 Å². The van der Waals surface area contributed by atoms with Crippen molar-refractivity contribution in [3.63, 3.8) is 0 Å². The summed E-state index contributed by atoms with van der Waals surface area (Å²) in [5, 5.41) is 4.44. The molecule has 2 heterocycles. The summed E-state index contributed by atoms with van der Waals surface area (Å²) in [5.41, 5.74) is 2.83. The van der Waals surface area contributed by atoms with Crippen molar-refractivity contribution in [3.8, 4) is 11.3 Å². The maximum atomic E-state index is 12.2. The molecule has 0 amide bonds. The highest BCUT2D eigenvalue weighted by atomic mass is 32.2. The van der Waals surface area contributed by atoms with Crippen LogP contribution in [0.2, 0.25) is 0 Å². The molecular weight excluding hydrogens is 324 g/mol. The molecule has 1 aromatic carbocycles. The van der Waals surface area contributed by atoms with Crippen molar-refractivity contribution in [2.24, 2.45) is 0 Å². The van der Waals surface area contributed by atoms with Gasteiger partial charge in [-0.05, 0) is 37.3 Å². The van der Waals surface area contributed by atoms with Gasteiger partial charge in [0.05, 0.1) is 17.1 Å². The molecule has 6 nitrogen and oxygen atoms in total. The number of aryl methyl sites for hydroxylation is 1. The normalized spacial score (nSPS) is 11.5. The van der Waals surface area contributed by atoms with Crippen molar-refractivity contribution in [3.05, 3.63) is 66.6 Å². The molecule has 124 valence electrons. The Balaban J connectivity index is 1.60. The Kier molecular flexibility index (Phi) is 4.73. The molecule has 24 heavy (non-hydrogen) atoms. The number of sulfonamides is 1. The van der Waals surface area contributed by atoms with Crippen molar-refractivity contribution >= 4 is 10.0 Å². The van der Waals surface area contributed by atoms with E-state index in [0.29, 0.717) is 6.54 Å². The Morgan fingerprint density at radius 2 is 1.75 bits per heavy atom. The lowest BCUT2D eigenvalue weighted by atomic mass is 10.2. The van der Waals surface area contributed by atoms with Gasteiger partial charge in [0.1, 0.15) is 0 Å². The Bertz CT molecular complexity index is 903. The third-order valence-electron chi connectivity index (χ3n) is 3.58. The molecule has 0 spiro atoms. The summed E-state index contributed by atoms with van der Waals surface area (Å²) in [6.07, 6.45) is 5.25. The number of nitrogens with zero attached hydrogens (tertiary/aromatic N) is 3. The van der Waals surface area contributed by atoms with Gasteiger partial charge >= 0.3 is 0 Å². The molecule has 0 fully saturated rings. The van der Waals surface area contributed by atoms with Crippen molar-refractivity contribution < 1.29 is 8.42 Å². The van der Waals surface area contributed by atoms with Crippen LogP contribution in [0.1, 0.15) is 5.56 Å². The fraction of sp³-hybridized carbons (Fsp3) is 0.176. The van der Waals surface area contributed by atoms with Crippen LogP contribution in [0.15, 0.2) is 66.0 Å². The minimum atomic E-state index is -3.49. The predicted octanol–water partition coefficient (Wildman–Crippen LogP) is 2.23. The number of hydrogen-bond donors (Lipinski definition) is 1. The third kappa shape index (κ3) is 3.87. The summed E-state index contributed by atoms with van der Waals surface area (Å²) in [6.45, 7) is 2.64. The van der Waals surface area contributed by atoms with Crippen LogP contribution in [0.25, 0.3) is 11.3 Å². The van der Waals surface area contributed by atoms with Gasteiger partial charge in [-0.2, -0.15) is 5.10 Å². The van der Waals surface area contributed by atoms with Gasteiger partial charge in [0, 0.05) is 30.7 Å². The predicted molar refractivity (Wildman–Crippen MR) is 91.8 cm³/mol. The van der Waals surface area contributed by atoms with Gasteiger partial charge in [-0.3, -0.25) is 9.67 Å². The molecule has 0 bridgehead atoms. The number of rotatable bonds is 6. The molecule has 0 unspecified atom stereocenters. The van der Waals surface area contributed by atoms with Gasteiger partial charge < -0.3 is 0 Å². The zero-order chi connectivity index (χ0) is 17.0. The standard InChI is InChI=1S/C17H18N4O2S/c1-14-2-4-16(5-3-14)24(22,23)19-11-13-21-12-8-17(20-21)15-6-9-18-10-7-15/h2-10,12,19H,11,13H2,1H3. The summed E-state index contributed by atoms with van der Waals surface area (Å²) >= 11 is 0. The third-order valence-corrected chi connectivity index (χ3v) is 5.06. The molecule has 1 N–H and O–H groups in total. The highest BCUT2D eigenvalue weighted by Crippen LogP contribution is 2.15. The van der Waals surface area contributed by atoms with E-state index < -0.39 is 10.0 Å². The number of aromatic nitrogens is 3. The molecule has 3 aromatic rings. The monoisotopic (exact) mass is 342 g/mol. The van der Waals surface area contributed by atoms with Gasteiger partial charge in [0.2, 0.25) is 10.0 Å². The van der Waals surface area contributed by atoms with Crippen LogP contribution in [-0.4, -0.2) is 29.7 Å². The molecule has 0 saturated carbocycles. The van der Waals surface area contributed by atoms with E-state index >= 15 is 0 Å². The van der Waals surface area contributed by atoms with Crippen molar-refractivity contribution in [2.75, 3.05) is 6.54 Å². The minimum absolute atomic E-state index is 0.269. The molecular formula is C17H18N4O2S. The molecule has 0 atom stereocenters. The summed E-state index contributed by atoms with van der Waals surface area (Å²) < 4.78 is 28.7. The van der Waals surface area contributed by atoms with E-state index in [-0.39, 0.29) is 11.4 Å². The highest BCUT2D eigenvalue weighted by molar-refractivity contribution is 7.89. The lowest BCUT2D eigenvalue weighted by molar-refractivity contribution is 0.561. The Labute approximate surface area is 141 Å². The minimum Gasteiger partial charge on any atom is -0.271 e. The average molecular weight is 342 g/mol. The Morgan fingerprint density at radius 3 is 2.46 bits per heavy atom. The molecule has 2 aromatic heterocycles. The topological polar surface area (TPSA) is 76.9 Å². The zero-order valence-electron chi connectivity index (χ0n) is 13.3.